The third-order valence-electron chi connectivity index (χ3n) is 2.87. The molecule has 0 fully saturated rings. The Morgan fingerprint density at radius 1 is 1.53 bits per heavy atom. The Bertz CT molecular complexity index is 476. The van der Waals surface area contributed by atoms with Gasteiger partial charge in [0.1, 0.15) is 0 Å². The Kier molecular flexibility index (Phi) is 6.25. The predicted octanol–water partition coefficient (Wildman–Crippen LogP) is 1.15. The Hall–Kier alpha value is -0.630. The van der Waals surface area contributed by atoms with Crippen LogP contribution in [0.1, 0.15) is 26.2 Å². The fraction of sp³-hybridized carbons (Fsp3) is 0.727. The van der Waals surface area contributed by atoms with Crippen LogP contribution in [0.25, 0.3) is 0 Å². The van der Waals surface area contributed by atoms with Crippen molar-refractivity contribution in [3.05, 3.63) is 11.5 Å². The third-order valence-corrected chi connectivity index (χ3v) is 4.51. The number of hydrogen-bond donors (Lipinski definition) is 2. The highest BCUT2D eigenvalue weighted by Gasteiger charge is 2.20. The second kappa shape index (κ2) is 7.23. The van der Waals surface area contributed by atoms with Crippen LogP contribution in [-0.4, -0.2) is 36.2 Å². The van der Waals surface area contributed by atoms with E-state index in [0.717, 1.165) is 12.8 Å². The molecule has 1 unspecified atom stereocenters. The first-order chi connectivity index (χ1) is 8.90. The zero-order chi connectivity index (χ0) is 14.5. The molecule has 1 aromatic rings. The quantitative estimate of drug-likeness (QED) is 0.754. The lowest BCUT2D eigenvalue weighted by Crippen LogP contribution is -2.30. The molecule has 110 valence electrons. The Labute approximate surface area is 118 Å². The summed E-state index contributed by atoms with van der Waals surface area (Å²) in [5, 5.41) is 8.98. The second-order valence-corrected chi connectivity index (χ2v) is 6.53. The zero-order valence-electron chi connectivity index (χ0n) is 11.1. The summed E-state index contributed by atoms with van der Waals surface area (Å²) in [6.45, 7) is 2.38. The van der Waals surface area contributed by atoms with Gasteiger partial charge in [-0.15, -0.1) is 0 Å². The topological polar surface area (TPSA) is 84.2 Å². The van der Waals surface area contributed by atoms with E-state index in [9.17, 15) is 8.42 Å². The number of aliphatic hydroxyl groups is 1. The third kappa shape index (κ3) is 4.76. The van der Waals surface area contributed by atoms with Crippen LogP contribution in [0.4, 0.5) is 0 Å². The maximum atomic E-state index is 12.0. The molecule has 0 aliphatic rings. The number of aromatic nitrogens is 2. The highest BCUT2D eigenvalue weighted by atomic mass is 35.5. The molecule has 19 heavy (non-hydrogen) atoms. The number of rotatable bonds is 8. The van der Waals surface area contributed by atoms with Crippen molar-refractivity contribution < 1.29 is 13.5 Å². The van der Waals surface area contributed by atoms with Crippen molar-refractivity contribution in [2.75, 3.05) is 13.2 Å². The standard InChI is InChI=1S/C11H20ClN3O3S/c1-3-4-9(5-6-16)7-13-19(17,18)10-8-15(2)11(12)14-10/h8-9,13,16H,3-7H2,1-2H3. The summed E-state index contributed by atoms with van der Waals surface area (Å²) in [5.74, 6) is 0.129. The second-order valence-electron chi connectivity index (χ2n) is 4.48. The van der Waals surface area contributed by atoms with Crippen LogP contribution in [-0.2, 0) is 17.1 Å². The highest BCUT2D eigenvalue weighted by Crippen LogP contribution is 2.14. The van der Waals surface area contributed by atoms with Gasteiger partial charge < -0.3 is 9.67 Å². The van der Waals surface area contributed by atoms with Gasteiger partial charge in [-0.3, -0.25) is 0 Å². The monoisotopic (exact) mass is 309 g/mol. The largest absolute Gasteiger partial charge is 0.396 e. The lowest BCUT2D eigenvalue weighted by atomic mass is 10.0. The maximum absolute atomic E-state index is 12.0. The van der Waals surface area contributed by atoms with Gasteiger partial charge >= 0.3 is 0 Å². The number of imidazole rings is 1. The van der Waals surface area contributed by atoms with Crippen LogP contribution in [0.2, 0.25) is 5.28 Å². The molecule has 0 radical (unpaired) electrons. The molecular weight excluding hydrogens is 290 g/mol. The Morgan fingerprint density at radius 2 is 2.21 bits per heavy atom. The molecule has 0 bridgehead atoms. The number of nitrogens with zero attached hydrogens (tertiary/aromatic N) is 2. The minimum atomic E-state index is -3.64. The van der Waals surface area contributed by atoms with Crippen LogP contribution in [0.3, 0.4) is 0 Å². The fourth-order valence-corrected chi connectivity index (χ4v) is 3.08. The smallest absolute Gasteiger partial charge is 0.259 e. The molecule has 0 amide bonds. The molecule has 0 aliphatic carbocycles. The van der Waals surface area contributed by atoms with Crippen molar-refractivity contribution in [2.24, 2.45) is 13.0 Å². The van der Waals surface area contributed by atoms with E-state index >= 15 is 0 Å². The van der Waals surface area contributed by atoms with Gasteiger partial charge in [0.2, 0.25) is 5.28 Å². The Balaban J connectivity index is 2.68. The molecular formula is C11H20ClN3O3S. The first-order valence-corrected chi connectivity index (χ1v) is 8.06. The lowest BCUT2D eigenvalue weighted by Gasteiger charge is -2.15. The van der Waals surface area contributed by atoms with Gasteiger partial charge in [0.25, 0.3) is 10.0 Å². The van der Waals surface area contributed by atoms with E-state index in [1.54, 1.807) is 7.05 Å². The van der Waals surface area contributed by atoms with Crippen LogP contribution in [0.5, 0.6) is 0 Å². The molecule has 0 aliphatic heterocycles. The average Bonchev–Trinajstić information content (AvgIpc) is 2.68. The fourth-order valence-electron chi connectivity index (χ4n) is 1.79. The summed E-state index contributed by atoms with van der Waals surface area (Å²) >= 11 is 5.72. The van der Waals surface area contributed by atoms with Crippen molar-refractivity contribution >= 4 is 21.6 Å². The molecule has 2 N–H and O–H groups in total. The number of halogens is 1. The maximum Gasteiger partial charge on any atom is 0.259 e. The zero-order valence-corrected chi connectivity index (χ0v) is 12.7. The molecule has 6 nitrogen and oxygen atoms in total. The van der Waals surface area contributed by atoms with E-state index in [1.165, 1.54) is 10.8 Å². The van der Waals surface area contributed by atoms with Crippen LogP contribution >= 0.6 is 11.6 Å². The van der Waals surface area contributed by atoms with Gasteiger partial charge in [-0.1, -0.05) is 13.3 Å². The first kappa shape index (κ1) is 16.4. The van der Waals surface area contributed by atoms with Crippen molar-refractivity contribution in [2.45, 2.75) is 31.2 Å². The van der Waals surface area contributed by atoms with E-state index in [1.807, 2.05) is 6.92 Å². The lowest BCUT2D eigenvalue weighted by molar-refractivity contribution is 0.251. The van der Waals surface area contributed by atoms with E-state index in [0.29, 0.717) is 13.0 Å². The normalized spacial score (nSPS) is 13.7. The molecule has 0 saturated carbocycles. The predicted molar refractivity (Wildman–Crippen MR) is 73.5 cm³/mol. The molecule has 1 atom stereocenters. The number of nitrogens with one attached hydrogen (secondary N) is 1. The van der Waals surface area contributed by atoms with E-state index < -0.39 is 10.0 Å². The molecule has 1 aromatic heterocycles. The van der Waals surface area contributed by atoms with Gasteiger partial charge in [-0.2, -0.15) is 0 Å². The molecule has 0 saturated heterocycles. The SMILES string of the molecule is CCCC(CCO)CNS(=O)(=O)c1cn(C)c(Cl)n1. The van der Waals surface area contributed by atoms with E-state index in [2.05, 4.69) is 9.71 Å². The van der Waals surface area contributed by atoms with Crippen LogP contribution in [0, 0.1) is 5.92 Å². The van der Waals surface area contributed by atoms with Crippen molar-refractivity contribution in [1.82, 2.24) is 14.3 Å². The van der Waals surface area contributed by atoms with Crippen molar-refractivity contribution in [1.29, 1.82) is 0 Å². The van der Waals surface area contributed by atoms with Gasteiger partial charge in [-0.05, 0) is 30.4 Å². The first-order valence-electron chi connectivity index (χ1n) is 6.20. The van der Waals surface area contributed by atoms with Crippen LogP contribution < -0.4 is 4.72 Å². The van der Waals surface area contributed by atoms with E-state index in [-0.39, 0.29) is 22.8 Å². The molecule has 1 rings (SSSR count). The van der Waals surface area contributed by atoms with Crippen LogP contribution in [0.15, 0.2) is 11.2 Å². The summed E-state index contributed by atoms with van der Waals surface area (Å²) in [5.41, 5.74) is 0. The average molecular weight is 310 g/mol. The molecule has 1 heterocycles. The van der Waals surface area contributed by atoms with Gasteiger partial charge in [0, 0.05) is 26.4 Å². The summed E-state index contributed by atoms with van der Waals surface area (Å²) in [4.78, 5) is 3.78. The van der Waals surface area contributed by atoms with Gasteiger partial charge in [0.15, 0.2) is 5.03 Å². The summed E-state index contributed by atoms with van der Waals surface area (Å²) in [6.07, 6.45) is 3.76. The van der Waals surface area contributed by atoms with E-state index in [4.69, 9.17) is 16.7 Å². The molecule has 0 spiro atoms. The van der Waals surface area contributed by atoms with Gasteiger partial charge in [0.05, 0.1) is 0 Å². The minimum Gasteiger partial charge on any atom is -0.396 e. The van der Waals surface area contributed by atoms with Crippen molar-refractivity contribution in [3.63, 3.8) is 0 Å². The highest BCUT2D eigenvalue weighted by molar-refractivity contribution is 7.89. The number of hydrogen-bond acceptors (Lipinski definition) is 4. The van der Waals surface area contributed by atoms with Gasteiger partial charge in [-0.25, -0.2) is 18.1 Å². The number of aliphatic hydroxyl groups excluding tert-OH is 1. The Morgan fingerprint density at radius 3 is 2.68 bits per heavy atom. The summed E-state index contributed by atoms with van der Waals surface area (Å²) in [7, 11) is -2.02. The molecule has 8 heteroatoms. The van der Waals surface area contributed by atoms with Crippen molar-refractivity contribution in [3.8, 4) is 0 Å². The number of sulfonamides is 1. The number of aryl methyl sites for hydroxylation is 1. The minimum absolute atomic E-state index is 0.0574. The summed E-state index contributed by atoms with van der Waals surface area (Å²) < 4.78 is 28.0. The summed E-state index contributed by atoms with van der Waals surface area (Å²) in [6, 6.07) is 0. The molecule has 0 aromatic carbocycles.